The highest BCUT2D eigenvalue weighted by molar-refractivity contribution is 5.80. The summed E-state index contributed by atoms with van der Waals surface area (Å²) in [6.07, 6.45) is 3.39. The van der Waals surface area contributed by atoms with E-state index in [0.717, 1.165) is 5.56 Å². The minimum Gasteiger partial charge on any atom is -0.363 e. The van der Waals surface area contributed by atoms with Gasteiger partial charge in [0.1, 0.15) is 11.9 Å². The molecule has 3 rings (SSSR count). The highest BCUT2D eigenvalue weighted by atomic mass is 16.2. The number of likely N-dealkylation sites (tertiary alicyclic amines) is 1. The molecule has 6 nitrogen and oxygen atoms in total. The van der Waals surface area contributed by atoms with Crippen LogP contribution in [0, 0.1) is 11.3 Å². The Labute approximate surface area is 134 Å². The lowest BCUT2D eigenvalue weighted by atomic mass is 10.1. The molecule has 0 radical (unpaired) electrons. The fraction of sp³-hybridized carbons (Fsp3) is 0.294. The number of carbonyl (C=O) groups is 1. The molecule has 0 unspecified atom stereocenters. The molecule has 2 aromatic rings. The second-order valence-corrected chi connectivity index (χ2v) is 5.60. The first-order valence-electron chi connectivity index (χ1n) is 7.49. The van der Waals surface area contributed by atoms with Crippen molar-refractivity contribution in [2.24, 2.45) is 0 Å². The summed E-state index contributed by atoms with van der Waals surface area (Å²) in [7, 11) is 0. The Morgan fingerprint density at radius 2 is 2.13 bits per heavy atom. The van der Waals surface area contributed by atoms with Gasteiger partial charge in [0.25, 0.3) is 0 Å². The SMILES string of the molecule is C[C@@H]1[C@@H](Nc2cncc(C#N)n2)CC(=O)N1Cc1ccccc1. The van der Waals surface area contributed by atoms with Gasteiger partial charge in [-0.05, 0) is 12.5 Å². The van der Waals surface area contributed by atoms with Crippen LogP contribution in [0.2, 0.25) is 0 Å². The molecule has 6 heteroatoms. The lowest BCUT2D eigenvalue weighted by Crippen LogP contribution is -2.37. The van der Waals surface area contributed by atoms with Crippen LogP contribution in [0.4, 0.5) is 5.82 Å². The molecule has 2 heterocycles. The molecule has 1 aromatic carbocycles. The third-order valence-electron chi connectivity index (χ3n) is 4.07. The van der Waals surface area contributed by atoms with Crippen molar-refractivity contribution in [2.45, 2.75) is 32.0 Å². The van der Waals surface area contributed by atoms with E-state index in [1.54, 1.807) is 6.20 Å². The number of amides is 1. The number of nitrogens with zero attached hydrogens (tertiary/aromatic N) is 4. The number of nitrogens with one attached hydrogen (secondary N) is 1. The van der Waals surface area contributed by atoms with Gasteiger partial charge in [0.15, 0.2) is 5.69 Å². The van der Waals surface area contributed by atoms with Gasteiger partial charge in [-0.3, -0.25) is 9.78 Å². The molecule has 2 atom stereocenters. The predicted octanol–water partition coefficient (Wildman–Crippen LogP) is 1.95. The molecule has 1 aliphatic heterocycles. The number of hydrogen-bond acceptors (Lipinski definition) is 5. The van der Waals surface area contributed by atoms with Crippen LogP contribution in [0.15, 0.2) is 42.7 Å². The van der Waals surface area contributed by atoms with Crippen molar-refractivity contribution in [3.8, 4) is 6.07 Å². The monoisotopic (exact) mass is 307 g/mol. The van der Waals surface area contributed by atoms with Crippen molar-refractivity contribution < 1.29 is 4.79 Å². The smallest absolute Gasteiger partial charge is 0.225 e. The topological polar surface area (TPSA) is 81.9 Å². The maximum Gasteiger partial charge on any atom is 0.225 e. The first kappa shape index (κ1) is 15.0. The molecular formula is C17H17N5O. The summed E-state index contributed by atoms with van der Waals surface area (Å²) < 4.78 is 0. The quantitative estimate of drug-likeness (QED) is 0.933. The zero-order valence-electron chi connectivity index (χ0n) is 12.8. The molecule has 0 bridgehead atoms. The Balaban J connectivity index is 1.70. The van der Waals surface area contributed by atoms with Crippen LogP contribution < -0.4 is 5.32 Å². The summed E-state index contributed by atoms with van der Waals surface area (Å²) in [5.74, 6) is 0.638. The van der Waals surface area contributed by atoms with Gasteiger partial charge in [0.2, 0.25) is 5.91 Å². The van der Waals surface area contributed by atoms with Crippen molar-refractivity contribution in [3.05, 3.63) is 54.0 Å². The molecule has 1 aromatic heterocycles. The molecule has 0 aliphatic carbocycles. The van der Waals surface area contributed by atoms with Crippen molar-refractivity contribution >= 4 is 11.7 Å². The highest BCUT2D eigenvalue weighted by Crippen LogP contribution is 2.24. The average Bonchev–Trinajstić information content (AvgIpc) is 2.83. The Kier molecular flexibility index (Phi) is 4.20. The standard InChI is InChI=1S/C17H17N5O/c1-12-15(21-16-10-19-9-14(8-18)20-16)7-17(23)22(12)11-13-5-3-2-4-6-13/h2-6,9-10,12,15H,7,11H2,1H3,(H,20,21)/t12-,15+/m1/s1. The van der Waals surface area contributed by atoms with E-state index in [0.29, 0.717) is 18.8 Å². The van der Waals surface area contributed by atoms with E-state index in [9.17, 15) is 4.79 Å². The van der Waals surface area contributed by atoms with Crippen LogP contribution in [0.1, 0.15) is 24.6 Å². The number of hydrogen-bond donors (Lipinski definition) is 1. The molecule has 0 saturated carbocycles. The highest BCUT2D eigenvalue weighted by Gasteiger charge is 2.36. The van der Waals surface area contributed by atoms with E-state index in [1.807, 2.05) is 48.2 Å². The largest absolute Gasteiger partial charge is 0.363 e. The van der Waals surface area contributed by atoms with Gasteiger partial charge in [0.05, 0.1) is 18.4 Å². The van der Waals surface area contributed by atoms with Gasteiger partial charge in [-0.25, -0.2) is 4.98 Å². The summed E-state index contributed by atoms with van der Waals surface area (Å²) >= 11 is 0. The lowest BCUT2D eigenvalue weighted by molar-refractivity contribution is -0.129. The van der Waals surface area contributed by atoms with Gasteiger partial charge >= 0.3 is 0 Å². The summed E-state index contributed by atoms with van der Waals surface area (Å²) in [6.45, 7) is 2.62. The van der Waals surface area contributed by atoms with Crippen molar-refractivity contribution in [1.82, 2.24) is 14.9 Å². The number of benzene rings is 1. The Morgan fingerprint density at radius 1 is 1.35 bits per heavy atom. The Hall–Kier alpha value is -2.94. The first-order valence-corrected chi connectivity index (χ1v) is 7.49. The third kappa shape index (κ3) is 3.29. The van der Waals surface area contributed by atoms with E-state index in [4.69, 9.17) is 5.26 Å². The second kappa shape index (κ2) is 6.44. The zero-order chi connectivity index (χ0) is 16.2. The van der Waals surface area contributed by atoms with Gasteiger partial charge < -0.3 is 10.2 Å². The summed E-state index contributed by atoms with van der Waals surface area (Å²) in [5.41, 5.74) is 1.37. The van der Waals surface area contributed by atoms with Crippen LogP contribution in [-0.4, -0.2) is 32.9 Å². The molecule has 0 spiro atoms. The first-order chi connectivity index (χ1) is 11.2. The molecule has 1 saturated heterocycles. The average molecular weight is 307 g/mol. The number of carbonyl (C=O) groups excluding carboxylic acids is 1. The van der Waals surface area contributed by atoms with E-state index < -0.39 is 0 Å². The summed E-state index contributed by atoms with van der Waals surface area (Å²) in [5, 5.41) is 12.1. The predicted molar refractivity (Wildman–Crippen MR) is 85.2 cm³/mol. The van der Waals surface area contributed by atoms with Crippen LogP contribution in [0.5, 0.6) is 0 Å². The second-order valence-electron chi connectivity index (χ2n) is 5.60. The van der Waals surface area contributed by atoms with Crippen molar-refractivity contribution in [2.75, 3.05) is 5.32 Å². The van der Waals surface area contributed by atoms with E-state index in [1.165, 1.54) is 6.20 Å². The maximum atomic E-state index is 12.3. The molecule has 1 amide bonds. The summed E-state index contributed by atoms with van der Waals surface area (Å²) in [6, 6.07) is 11.9. The fourth-order valence-corrected chi connectivity index (χ4v) is 2.78. The van der Waals surface area contributed by atoms with Crippen molar-refractivity contribution in [1.29, 1.82) is 5.26 Å². The number of aromatic nitrogens is 2. The zero-order valence-corrected chi connectivity index (χ0v) is 12.8. The number of rotatable bonds is 4. The molecule has 116 valence electrons. The van der Waals surface area contributed by atoms with Gasteiger partial charge in [-0.1, -0.05) is 30.3 Å². The minimum absolute atomic E-state index is 0.0373. The molecule has 1 aliphatic rings. The Bertz CT molecular complexity index is 740. The molecule has 1 N–H and O–H groups in total. The van der Waals surface area contributed by atoms with Crippen molar-refractivity contribution in [3.63, 3.8) is 0 Å². The van der Waals surface area contributed by atoms with Crippen LogP contribution in [-0.2, 0) is 11.3 Å². The van der Waals surface area contributed by atoms with E-state index in [2.05, 4.69) is 15.3 Å². The maximum absolute atomic E-state index is 12.3. The van der Waals surface area contributed by atoms with Gasteiger partial charge in [-0.15, -0.1) is 0 Å². The minimum atomic E-state index is -0.0468. The van der Waals surface area contributed by atoms with Gasteiger partial charge in [0, 0.05) is 19.0 Å². The molecule has 1 fully saturated rings. The normalized spacial score (nSPS) is 20.3. The van der Waals surface area contributed by atoms with Gasteiger partial charge in [-0.2, -0.15) is 5.26 Å². The Morgan fingerprint density at radius 3 is 2.87 bits per heavy atom. The fourth-order valence-electron chi connectivity index (χ4n) is 2.78. The van der Waals surface area contributed by atoms with Crippen LogP contribution >= 0.6 is 0 Å². The summed E-state index contributed by atoms with van der Waals surface area (Å²) in [4.78, 5) is 22.3. The molecule has 23 heavy (non-hydrogen) atoms. The number of nitriles is 1. The number of anilines is 1. The lowest BCUT2D eigenvalue weighted by Gasteiger charge is -2.25. The van der Waals surface area contributed by atoms with E-state index >= 15 is 0 Å². The van der Waals surface area contributed by atoms with E-state index in [-0.39, 0.29) is 23.7 Å². The van der Waals surface area contributed by atoms with Crippen LogP contribution in [0.3, 0.4) is 0 Å². The third-order valence-corrected chi connectivity index (χ3v) is 4.07. The molecular weight excluding hydrogens is 290 g/mol. The van der Waals surface area contributed by atoms with Crippen LogP contribution in [0.25, 0.3) is 0 Å².